The topological polar surface area (TPSA) is 42.9 Å². The number of hydrogen-bond donors (Lipinski definition) is 2. The summed E-state index contributed by atoms with van der Waals surface area (Å²) in [6.07, 6.45) is 6.25. The van der Waals surface area contributed by atoms with Gasteiger partial charge in [-0.2, -0.15) is 0 Å². The molecule has 0 saturated carbocycles. The van der Waals surface area contributed by atoms with Gasteiger partial charge in [0.05, 0.1) is 0 Å². The molecule has 5 nitrogen and oxygen atoms in total. The normalized spacial score (nSPS) is 26.3. The number of piperidine rings is 2. The first-order valence-corrected chi connectivity index (χ1v) is 11.5. The Morgan fingerprint density at radius 1 is 1.26 bits per heavy atom. The van der Waals surface area contributed by atoms with Crippen LogP contribution in [0.3, 0.4) is 0 Å². The maximum atomic E-state index is 4.50. The van der Waals surface area contributed by atoms with Gasteiger partial charge in [-0.15, -0.1) is 11.3 Å². The molecule has 0 aromatic carbocycles. The SMILES string of the molecule is CCCN1CCC(NC(=NC)NCC2CCCN(C)C2c2cccs2)CC1. The van der Waals surface area contributed by atoms with Gasteiger partial charge in [0.15, 0.2) is 5.96 Å². The quantitative estimate of drug-likeness (QED) is 0.577. The molecule has 1 aromatic rings. The molecule has 0 bridgehead atoms. The molecule has 2 fully saturated rings. The summed E-state index contributed by atoms with van der Waals surface area (Å²) in [5.41, 5.74) is 0. The molecule has 6 heteroatoms. The Bertz CT molecular complexity index is 565. The molecule has 152 valence electrons. The van der Waals surface area contributed by atoms with E-state index in [9.17, 15) is 0 Å². The third kappa shape index (κ3) is 5.69. The van der Waals surface area contributed by atoms with E-state index in [1.807, 2.05) is 18.4 Å². The van der Waals surface area contributed by atoms with Crippen LogP contribution in [0.15, 0.2) is 22.5 Å². The highest BCUT2D eigenvalue weighted by Gasteiger charge is 2.31. The lowest BCUT2D eigenvalue weighted by molar-refractivity contribution is 0.125. The lowest BCUT2D eigenvalue weighted by Gasteiger charge is -2.39. The van der Waals surface area contributed by atoms with E-state index in [0.29, 0.717) is 18.0 Å². The number of hydrogen-bond acceptors (Lipinski definition) is 4. The Morgan fingerprint density at radius 2 is 2.07 bits per heavy atom. The number of nitrogens with one attached hydrogen (secondary N) is 2. The van der Waals surface area contributed by atoms with Crippen molar-refractivity contribution in [1.82, 2.24) is 20.4 Å². The van der Waals surface area contributed by atoms with Gasteiger partial charge in [0.2, 0.25) is 0 Å². The van der Waals surface area contributed by atoms with Crippen molar-refractivity contribution < 1.29 is 0 Å². The van der Waals surface area contributed by atoms with E-state index in [0.717, 1.165) is 12.5 Å². The van der Waals surface area contributed by atoms with Crippen molar-refractivity contribution in [1.29, 1.82) is 0 Å². The van der Waals surface area contributed by atoms with Crippen molar-refractivity contribution in [3.63, 3.8) is 0 Å². The van der Waals surface area contributed by atoms with Crippen LogP contribution in [0.5, 0.6) is 0 Å². The predicted octanol–water partition coefficient (Wildman–Crippen LogP) is 3.17. The Hall–Kier alpha value is -1.11. The molecular formula is C21H37N5S. The van der Waals surface area contributed by atoms with Crippen molar-refractivity contribution in [3.05, 3.63) is 22.4 Å². The van der Waals surface area contributed by atoms with Crippen LogP contribution in [0.2, 0.25) is 0 Å². The van der Waals surface area contributed by atoms with Crippen LogP contribution in [0.1, 0.15) is 49.9 Å². The molecule has 0 radical (unpaired) electrons. The van der Waals surface area contributed by atoms with Crippen molar-refractivity contribution in [2.45, 2.75) is 51.1 Å². The lowest BCUT2D eigenvalue weighted by Crippen LogP contribution is -2.50. The predicted molar refractivity (Wildman–Crippen MR) is 117 cm³/mol. The monoisotopic (exact) mass is 391 g/mol. The minimum Gasteiger partial charge on any atom is -0.356 e. The average Bonchev–Trinajstić information content (AvgIpc) is 3.21. The van der Waals surface area contributed by atoms with Crippen LogP contribution in [0, 0.1) is 5.92 Å². The third-order valence-electron chi connectivity index (χ3n) is 6.07. The van der Waals surface area contributed by atoms with Crippen LogP contribution in [0.4, 0.5) is 0 Å². The highest BCUT2D eigenvalue weighted by molar-refractivity contribution is 7.10. The number of likely N-dealkylation sites (tertiary alicyclic amines) is 2. The highest BCUT2D eigenvalue weighted by atomic mass is 32.1. The molecule has 3 heterocycles. The Morgan fingerprint density at radius 3 is 2.74 bits per heavy atom. The number of nitrogens with zero attached hydrogens (tertiary/aromatic N) is 3. The van der Waals surface area contributed by atoms with E-state index in [1.54, 1.807) is 0 Å². The Labute approximate surface area is 169 Å². The molecule has 0 spiro atoms. The van der Waals surface area contributed by atoms with E-state index < -0.39 is 0 Å². The largest absolute Gasteiger partial charge is 0.356 e. The molecule has 2 atom stereocenters. The maximum Gasteiger partial charge on any atom is 0.191 e. The standard InChI is InChI=1S/C21H37N5S/c1-4-11-26-13-9-18(10-14-26)24-21(22-2)23-16-17-7-5-12-25(3)20(17)19-8-6-15-27-19/h6,8,15,17-18,20H,4-5,7,9-14,16H2,1-3H3,(H2,22,23,24). The second-order valence-electron chi connectivity index (χ2n) is 8.06. The van der Waals surface area contributed by atoms with Gasteiger partial charge in [-0.3, -0.25) is 9.89 Å². The third-order valence-corrected chi connectivity index (χ3v) is 7.01. The highest BCUT2D eigenvalue weighted by Crippen LogP contribution is 2.36. The molecule has 3 rings (SSSR count). The summed E-state index contributed by atoms with van der Waals surface area (Å²) >= 11 is 1.89. The van der Waals surface area contributed by atoms with Gasteiger partial charge >= 0.3 is 0 Å². The van der Waals surface area contributed by atoms with Crippen molar-refractivity contribution in [2.75, 3.05) is 46.8 Å². The molecule has 2 N–H and O–H groups in total. The van der Waals surface area contributed by atoms with Crippen molar-refractivity contribution in [2.24, 2.45) is 10.9 Å². The molecule has 2 unspecified atom stereocenters. The fourth-order valence-electron chi connectivity index (χ4n) is 4.62. The molecule has 1 aromatic heterocycles. The van der Waals surface area contributed by atoms with Crippen LogP contribution >= 0.6 is 11.3 Å². The van der Waals surface area contributed by atoms with E-state index >= 15 is 0 Å². The first-order chi connectivity index (χ1) is 13.2. The van der Waals surface area contributed by atoms with Gasteiger partial charge in [0, 0.05) is 43.6 Å². The number of rotatable bonds is 6. The zero-order valence-corrected chi connectivity index (χ0v) is 18.1. The van der Waals surface area contributed by atoms with Crippen LogP contribution in [0.25, 0.3) is 0 Å². The van der Waals surface area contributed by atoms with Gasteiger partial charge in [-0.25, -0.2) is 0 Å². The van der Waals surface area contributed by atoms with Gasteiger partial charge in [0.1, 0.15) is 0 Å². The van der Waals surface area contributed by atoms with Gasteiger partial charge < -0.3 is 15.5 Å². The van der Waals surface area contributed by atoms with Gasteiger partial charge in [0.25, 0.3) is 0 Å². The van der Waals surface area contributed by atoms with E-state index in [2.05, 4.69) is 56.9 Å². The van der Waals surface area contributed by atoms with Crippen LogP contribution in [-0.2, 0) is 0 Å². The van der Waals surface area contributed by atoms with E-state index in [4.69, 9.17) is 0 Å². The summed E-state index contributed by atoms with van der Waals surface area (Å²) in [5, 5.41) is 9.51. The summed E-state index contributed by atoms with van der Waals surface area (Å²) in [6, 6.07) is 5.55. The minimum absolute atomic E-state index is 0.529. The number of aliphatic imine (C=N–C) groups is 1. The van der Waals surface area contributed by atoms with Crippen LogP contribution < -0.4 is 10.6 Å². The molecule has 0 aliphatic carbocycles. The fraction of sp³-hybridized carbons (Fsp3) is 0.762. The van der Waals surface area contributed by atoms with E-state index in [-0.39, 0.29) is 0 Å². The summed E-state index contributed by atoms with van der Waals surface area (Å²) in [7, 11) is 4.17. The number of thiophene rings is 1. The minimum atomic E-state index is 0.529. The summed E-state index contributed by atoms with van der Waals surface area (Å²) in [4.78, 5) is 11.1. The van der Waals surface area contributed by atoms with Gasteiger partial charge in [-0.05, 0) is 69.6 Å². The summed E-state index contributed by atoms with van der Waals surface area (Å²) < 4.78 is 0. The maximum absolute atomic E-state index is 4.50. The number of guanidine groups is 1. The van der Waals surface area contributed by atoms with Crippen molar-refractivity contribution >= 4 is 17.3 Å². The second kappa shape index (κ2) is 10.4. The smallest absolute Gasteiger partial charge is 0.191 e. The molecule has 27 heavy (non-hydrogen) atoms. The fourth-order valence-corrected chi connectivity index (χ4v) is 5.60. The zero-order chi connectivity index (χ0) is 19.1. The Balaban J connectivity index is 1.50. The molecule has 2 aliphatic rings. The summed E-state index contributed by atoms with van der Waals surface area (Å²) in [6.45, 7) is 8.09. The lowest BCUT2D eigenvalue weighted by atomic mass is 9.88. The molecule has 2 aliphatic heterocycles. The zero-order valence-electron chi connectivity index (χ0n) is 17.3. The molecular weight excluding hydrogens is 354 g/mol. The average molecular weight is 392 g/mol. The first-order valence-electron chi connectivity index (χ1n) is 10.6. The van der Waals surface area contributed by atoms with Crippen LogP contribution in [-0.4, -0.2) is 68.6 Å². The van der Waals surface area contributed by atoms with Gasteiger partial charge in [-0.1, -0.05) is 13.0 Å². The summed E-state index contributed by atoms with van der Waals surface area (Å²) in [5.74, 6) is 1.61. The molecule has 2 saturated heterocycles. The second-order valence-corrected chi connectivity index (χ2v) is 9.04. The van der Waals surface area contributed by atoms with Crippen molar-refractivity contribution in [3.8, 4) is 0 Å². The molecule has 0 amide bonds. The Kier molecular flexibility index (Phi) is 7.97. The van der Waals surface area contributed by atoms with E-state index in [1.165, 1.54) is 63.2 Å². The first kappa shape index (κ1) is 20.6.